The molecule has 0 bridgehead atoms. The minimum absolute atomic E-state index is 0.0775. The number of carbonyl (C=O) groups excluding carboxylic acids is 1. The molecular formula is C15H16F3N3O. The summed E-state index contributed by atoms with van der Waals surface area (Å²) in [6, 6.07) is 6.76. The number of amides is 1. The highest BCUT2D eigenvalue weighted by Gasteiger charge is 2.30. The summed E-state index contributed by atoms with van der Waals surface area (Å²) in [7, 11) is 1.79. The van der Waals surface area contributed by atoms with Crippen LogP contribution >= 0.6 is 0 Å². The molecule has 7 heteroatoms. The highest BCUT2D eigenvalue weighted by atomic mass is 19.4. The SMILES string of the molecule is Cn1nccc1CCC(=O)NCc1cccc(C(F)(F)F)c1. The number of halogens is 3. The Morgan fingerprint density at radius 1 is 1.32 bits per heavy atom. The van der Waals surface area contributed by atoms with E-state index in [1.54, 1.807) is 24.0 Å². The van der Waals surface area contributed by atoms with E-state index in [4.69, 9.17) is 0 Å². The molecule has 0 aliphatic rings. The molecule has 0 saturated carbocycles. The van der Waals surface area contributed by atoms with Crippen LogP contribution in [0.2, 0.25) is 0 Å². The Kier molecular flexibility index (Phi) is 4.85. The van der Waals surface area contributed by atoms with E-state index in [9.17, 15) is 18.0 Å². The predicted octanol–water partition coefficient (Wildman–Crippen LogP) is 2.69. The minimum Gasteiger partial charge on any atom is -0.352 e. The maximum absolute atomic E-state index is 12.6. The van der Waals surface area contributed by atoms with Crippen molar-refractivity contribution in [1.82, 2.24) is 15.1 Å². The smallest absolute Gasteiger partial charge is 0.352 e. The van der Waals surface area contributed by atoms with Crippen LogP contribution in [-0.4, -0.2) is 15.7 Å². The molecule has 22 heavy (non-hydrogen) atoms. The van der Waals surface area contributed by atoms with Crippen LogP contribution in [0.4, 0.5) is 13.2 Å². The summed E-state index contributed by atoms with van der Waals surface area (Å²) in [6.07, 6.45) is -1.93. The molecule has 2 rings (SSSR count). The van der Waals surface area contributed by atoms with Gasteiger partial charge in [0.05, 0.1) is 5.56 Å². The molecule has 118 valence electrons. The Bertz CT molecular complexity index is 649. The van der Waals surface area contributed by atoms with Gasteiger partial charge in [0.15, 0.2) is 0 Å². The zero-order chi connectivity index (χ0) is 16.2. The summed E-state index contributed by atoms with van der Waals surface area (Å²) in [5.41, 5.74) is 0.632. The molecule has 0 aliphatic carbocycles. The van der Waals surface area contributed by atoms with Crippen molar-refractivity contribution in [3.8, 4) is 0 Å². The molecule has 1 heterocycles. The van der Waals surface area contributed by atoms with Crippen LogP contribution in [-0.2, 0) is 31.0 Å². The Labute approximate surface area is 125 Å². The maximum Gasteiger partial charge on any atom is 0.416 e. The summed E-state index contributed by atoms with van der Waals surface area (Å²) < 4.78 is 39.4. The quantitative estimate of drug-likeness (QED) is 0.923. The van der Waals surface area contributed by atoms with Crippen molar-refractivity contribution < 1.29 is 18.0 Å². The molecule has 0 aliphatic heterocycles. The lowest BCUT2D eigenvalue weighted by Gasteiger charge is -2.09. The van der Waals surface area contributed by atoms with Crippen molar-refractivity contribution in [2.45, 2.75) is 25.6 Å². The molecule has 0 spiro atoms. The Hall–Kier alpha value is -2.31. The second-order valence-corrected chi connectivity index (χ2v) is 4.92. The fourth-order valence-corrected chi connectivity index (χ4v) is 2.03. The molecule has 0 atom stereocenters. The standard InChI is InChI=1S/C15H16F3N3O/c1-21-13(7-8-20-21)5-6-14(22)19-10-11-3-2-4-12(9-11)15(16,17)18/h2-4,7-9H,5-6,10H2,1H3,(H,19,22). The van der Waals surface area contributed by atoms with Crippen LogP contribution in [0.3, 0.4) is 0 Å². The van der Waals surface area contributed by atoms with E-state index in [1.165, 1.54) is 6.07 Å². The van der Waals surface area contributed by atoms with E-state index in [1.807, 2.05) is 6.07 Å². The number of alkyl halides is 3. The van der Waals surface area contributed by atoms with Crippen LogP contribution < -0.4 is 5.32 Å². The Balaban J connectivity index is 1.85. The molecule has 4 nitrogen and oxygen atoms in total. The molecule has 0 fully saturated rings. The van der Waals surface area contributed by atoms with Crippen LogP contribution in [0.15, 0.2) is 36.5 Å². The first-order valence-electron chi connectivity index (χ1n) is 6.76. The molecule has 2 aromatic rings. The number of hydrogen-bond acceptors (Lipinski definition) is 2. The molecule has 1 amide bonds. The lowest BCUT2D eigenvalue weighted by Crippen LogP contribution is -2.23. The van der Waals surface area contributed by atoms with E-state index in [0.29, 0.717) is 12.0 Å². The zero-order valence-electron chi connectivity index (χ0n) is 12.0. The molecule has 1 N–H and O–H groups in total. The molecule has 0 unspecified atom stereocenters. The van der Waals surface area contributed by atoms with Gasteiger partial charge in [0, 0.05) is 31.9 Å². The van der Waals surface area contributed by atoms with Gasteiger partial charge in [-0.3, -0.25) is 9.48 Å². The number of nitrogens with one attached hydrogen (secondary N) is 1. The number of hydrogen-bond donors (Lipinski definition) is 1. The van der Waals surface area contributed by atoms with Crippen molar-refractivity contribution in [2.75, 3.05) is 0 Å². The summed E-state index contributed by atoms with van der Waals surface area (Å²) >= 11 is 0. The Morgan fingerprint density at radius 2 is 2.09 bits per heavy atom. The number of aromatic nitrogens is 2. The molecule has 0 radical (unpaired) electrons. The first kappa shape index (κ1) is 16.1. The highest BCUT2D eigenvalue weighted by Crippen LogP contribution is 2.29. The van der Waals surface area contributed by atoms with Gasteiger partial charge in [0.1, 0.15) is 0 Å². The second-order valence-electron chi connectivity index (χ2n) is 4.92. The molecule has 1 aromatic heterocycles. The molecular weight excluding hydrogens is 295 g/mol. The first-order valence-corrected chi connectivity index (χ1v) is 6.76. The maximum atomic E-state index is 12.6. The number of benzene rings is 1. The number of rotatable bonds is 5. The van der Waals surface area contributed by atoms with Crippen LogP contribution in [0, 0.1) is 0 Å². The van der Waals surface area contributed by atoms with Crippen LogP contribution in [0.5, 0.6) is 0 Å². The minimum atomic E-state index is -4.38. The van der Waals surface area contributed by atoms with E-state index >= 15 is 0 Å². The topological polar surface area (TPSA) is 46.9 Å². The van der Waals surface area contributed by atoms with Crippen molar-refractivity contribution in [3.05, 3.63) is 53.3 Å². The molecule has 0 saturated heterocycles. The first-order chi connectivity index (χ1) is 10.4. The van der Waals surface area contributed by atoms with Gasteiger partial charge in [-0.05, 0) is 30.2 Å². The largest absolute Gasteiger partial charge is 0.416 e. The number of nitrogens with zero attached hydrogens (tertiary/aromatic N) is 2. The van der Waals surface area contributed by atoms with E-state index in [2.05, 4.69) is 10.4 Å². The summed E-state index contributed by atoms with van der Waals surface area (Å²) in [5.74, 6) is -0.210. The summed E-state index contributed by atoms with van der Waals surface area (Å²) in [6.45, 7) is 0.0775. The van der Waals surface area contributed by atoms with Gasteiger partial charge < -0.3 is 5.32 Å². The normalized spacial score (nSPS) is 11.5. The summed E-state index contributed by atoms with van der Waals surface area (Å²) in [4.78, 5) is 11.7. The van der Waals surface area contributed by atoms with Gasteiger partial charge in [-0.1, -0.05) is 12.1 Å². The average Bonchev–Trinajstić information content (AvgIpc) is 2.88. The van der Waals surface area contributed by atoms with E-state index < -0.39 is 11.7 Å². The number of aryl methyl sites for hydroxylation is 2. The van der Waals surface area contributed by atoms with Gasteiger partial charge in [0.2, 0.25) is 5.91 Å². The van der Waals surface area contributed by atoms with Crippen molar-refractivity contribution >= 4 is 5.91 Å². The lowest BCUT2D eigenvalue weighted by molar-refractivity contribution is -0.137. The third-order valence-corrected chi connectivity index (χ3v) is 3.27. The van der Waals surface area contributed by atoms with Crippen LogP contribution in [0.25, 0.3) is 0 Å². The molecule has 1 aromatic carbocycles. The van der Waals surface area contributed by atoms with Crippen LogP contribution in [0.1, 0.15) is 23.2 Å². The van der Waals surface area contributed by atoms with Gasteiger partial charge in [0.25, 0.3) is 0 Å². The van der Waals surface area contributed by atoms with E-state index in [0.717, 1.165) is 17.8 Å². The average molecular weight is 311 g/mol. The van der Waals surface area contributed by atoms with Crippen molar-refractivity contribution in [3.63, 3.8) is 0 Å². The van der Waals surface area contributed by atoms with E-state index in [-0.39, 0.29) is 18.9 Å². The van der Waals surface area contributed by atoms with Gasteiger partial charge in [-0.25, -0.2) is 0 Å². The van der Waals surface area contributed by atoms with Gasteiger partial charge in [-0.2, -0.15) is 18.3 Å². The lowest BCUT2D eigenvalue weighted by atomic mass is 10.1. The third kappa shape index (κ3) is 4.34. The van der Waals surface area contributed by atoms with Gasteiger partial charge >= 0.3 is 6.18 Å². The number of carbonyl (C=O) groups is 1. The highest BCUT2D eigenvalue weighted by molar-refractivity contribution is 5.76. The fraction of sp³-hybridized carbons (Fsp3) is 0.333. The fourth-order valence-electron chi connectivity index (χ4n) is 2.03. The van der Waals surface area contributed by atoms with Crippen molar-refractivity contribution in [1.29, 1.82) is 0 Å². The monoisotopic (exact) mass is 311 g/mol. The predicted molar refractivity (Wildman–Crippen MR) is 74.8 cm³/mol. The van der Waals surface area contributed by atoms with Crippen molar-refractivity contribution in [2.24, 2.45) is 7.05 Å². The third-order valence-electron chi connectivity index (χ3n) is 3.27. The Morgan fingerprint density at radius 3 is 2.73 bits per heavy atom. The zero-order valence-corrected chi connectivity index (χ0v) is 12.0. The second kappa shape index (κ2) is 6.64. The van der Waals surface area contributed by atoms with Gasteiger partial charge in [-0.15, -0.1) is 0 Å². The summed E-state index contributed by atoms with van der Waals surface area (Å²) in [5, 5.41) is 6.62.